The first-order valence-corrected chi connectivity index (χ1v) is 8.26. The van der Waals surface area contributed by atoms with Crippen LogP contribution in [0.1, 0.15) is 6.92 Å². The highest BCUT2D eigenvalue weighted by Crippen LogP contribution is 2.27. The fourth-order valence-corrected chi connectivity index (χ4v) is 3.53. The largest absolute Gasteiger partial charge is 0.392 e. The predicted molar refractivity (Wildman–Crippen MR) is 87.9 cm³/mol. The minimum Gasteiger partial charge on any atom is -0.392 e. The van der Waals surface area contributed by atoms with E-state index < -0.39 is 0 Å². The summed E-state index contributed by atoms with van der Waals surface area (Å²) in [6, 6.07) is 10.3. The molecule has 1 saturated heterocycles. The SMILES string of the molecule is C[C@@H](O)CN1CCN(c2nc(-c3ccccc3)cs2)CC1. The van der Waals surface area contributed by atoms with Crippen molar-refractivity contribution in [2.24, 2.45) is 0 Å². The smallest absolute Gasteiger partial charge is 0.185 e. The van der Waals surface area contributed by atoms with Gasteiger partial charge in [0.2, 0.25) is 0 Å². The molecule has 0 amide bonds. The molecule has 0 bridgehead atoms. The number of rotatable bonds is 4. The average molecular weight is 303 g/mol. The molecule has 1 aliphatic heterocycles. The van der Waals surface area contributed by atoms with Crippen molar-refractivity contribution in [1.29, 1.82) is 0 Å². The van der Waals surface area contributed by atoms with E-state index in [-0.39, 0.29) is 6.10 Å². The van der Waals surface area contributed by atoms with Crippen LogP contribution in [-0.4, -0.2) is 53.8 Å². The number of aromatic nitrogens is 1. The summed E-state index contributed by atoms with van der Waals surface area (Å²) in [6.45, 7) is 6.56. The maximum absolute atomic E-state index is 9.45. The summed E-state index contributed by atoms with van der Waals surface area (Å²) >= 11 is 1.71. The van der Waals surface area contributed by atoms with Gasteiger partial charge in [-0.3, -0.25) is 4.90 Å². The minimum atomic E-state index is -0.249. The summed E-state index contributed by atoms with van der Waals surface area (Å²) in [5.74, 6) is 0. The van der Waals surface area contributed by atoms with E-state index >= 15 is 0 Å². The number of thiazole rings is 1. The van der Waals surface area contributed by atoms with Gasteiger partial charge in [0.25, 0.3) is 0 Å². The lowest BCUT2D eigenvalue weighted by molar-refractivity contribution is 0.122. The van der Waals surface area contributed by atoms with Crippen LogP contribution in [0.3, 0.4) is 0 Å². The first-order valence-electron chi connectivity index (χ1n) is 7.38. The van der Waals surface area contributed by atoms with Crippen molar-refractivity contribution in [3.63, 3.8) is 0 Å². The van der Waals surface area contributed by atoms with Gasteiger partial charge in [0.05, 0.1) is 11.8 Å². The van der Waals surface area contributed by atoms with E-state index in [0.717, 1.165) is 43.5 Å². The highest BCUT2D eigenvalue weighted by atomic mass is 32.1. The number of benzene rings is 1. The summed E-state index contributed by atoms with van der Waals surface area (Å²) in [5, 5.41) is 12.7. The molecule has 0 radical (unpaired) electrons. The van der Waals surface area contributed by atoms with Crippen LogP contribution >= 0.6 is 11.3 Å². The van der Waals surface area contributed by atoms with Crippen LogP contribution in [-0.2, 0) is 0 Å². The fraction of sp³-hybridized carbons (Fsp3) is 0.438. The van der Waals surface area contributed by atoms with Crippen molar-refractivity contribution in [1.82, 2.24) is 9.88 Å². The van der Waals surface area contributed by atoms with Gasteiger partial charge in [0.1, 0.15) is 0 Å². The molecule has 0 unspecified atom stereocenters. The van der Waals surface area contributed by atoms with Gasteiger partial charge in [-0.25, -0.2) is 4.98 Å². The van der Waals surface area contributed by atoms with E-state index in [4.69, 9.17) is 4.98 Å². The maximum Gasteiger partial charge on any atom is 0.185 e. The molecule has 1 N–H and O–H groups in total. The summed E-state index contributed by atoms with van der Waals surface area (Å²) in [4.78, 5) is 9.42. The van der Waals surface area contributed by atoms with Crippen LogP contribution in [0.15, 0.2) is 35.7 Å². The number of piperazine rings is 1. The second-order valence-electron chi connectivity index (χ2n) is 5.52. The second kappa shape index (κ2) is 6.56. The number of hydrogen-bond acceptors (Lipinski definition) is 5. The number of aliphatic hydroxyl groups is 1. The van der Waals surface area contributed by atoms with E-state index in [2.05, 4.69) is 27.3 Å². The Balaban J connectivity index is 1.63. The molecule has 1 fully saturated rings. The predicted octanol–water partition coefficient (Wildman–Crippen LogP) is 2.31. The Hall–Kier alpha value is -1.43. The molecule has 0 aliphatic carbocycles. The van der Waals surface area contributed by atoms with E-state index in [1.807, 2.05) is 25.1 Å². The Morgan fingerprint density at radius 1 is 1.19 bits per heavy atom. The maximum atomic E-state index is 9.45. The van der Waals surface area contributed by atoms with E-state index in [1.165, 1.54) is 5.56 Å². The van der Waals surface area contributed by atoms with Crippen molar-refractivity contribution in [3.8, 4) is 11.3 Å². The normalized spacial score (nSPS) is 17.9. The standard InChI is InChI=1S/C16H21N3OS/c1-13(20)11-18-7-9-19(10-8-18)16-17-15(12-21-16)14-5-3-2-4-6-14/h2-6,12-13,20H,7-11H2,1H3/t13-/m1/s1. The monoisotopic (exact) mass is 303 g/mol. The molecule has 0 saturated carbocycles. The molecular weight excluding hydrogens is 282 g/mol. The van der Waals surface area contributed by atoms with Gasteiger partial charge in [-0.15, -0.1) is 11.3 Å². The molecule has 5 heteroatoms. The van der Waals surface area contributed by atoms with Gasteiger partial charge < -0.3 is 10.0 Å². The lowest BCUT2D eigenvalue weighted by Crippen LogP contribution is -2.48. The van der Waals surface area contributed by atoms with Crippen molar-refractivity contribution >= 4 is 16.5 Å². The Labute approximate surface area is 129 Å². The molecule has 21 heavy (non-hydrogen) atoms. The topological polar surface area (TPSA) is 39.6 Å². The lowest BCUT2D eigenvalue weighted by Gasteiger charge is -2.35. The van der Waals surface area contributed by atoms with Gasteiger partial charge in [-0.2, -0.15) is 0 Å². The molecule has 112 valence electrons. The van der Waals surface area contributed by atoms with Crippen LogP contribution in [0, 0.1) is 0 Å². The van der Waals surface area contributed by atoms with Crippen molar-refractivity contribution < 1.29 is 5.11 Å². The molecule has 1 aromatic carbocycles. The first kappa shape index (κ1) is 14.5. The van der Waals surface area contributed by atoms with Crippen molar-refractivity contribution in [2.75, 3.05) is 37.6 Å². The Morgan fingerprint density at radius 3 is 2.57 bits per heavy atom. The second-order valence-corrected chi connectivity index (χ2v) is 6.35. The van der Waals surface area contributed by atoms with Crippen molar-refractivity contribution in [3.05, 3.63) is 35.7 Å². The third kappa shape index (κ3) is 3.61. The molecule has 0 spiro atoms. The zero-order valence-corrected chi connectivity index (χ0v) is 13.1. The molecule has 3 rings (SSSR count). The number of aliphatic hydroxyl groups excluding tert-OH is 1. The summed E-state index contributed by atoms with van der Waals surface area (Å²) in [6.07, 6.45) is -0.249. The zero-order chi connectivity index (χ0) is 14.7. The van der Waals surface area contributed by atoms with Crippen LogP contribution in [0.5, 0.6) is 0 Å². The summed E-state index contributed by atoms with van der Waals surface area (Å²) < 4.78 is 0. The van der Waals surface area contributed by atoms with Crippen LogP contribution in [0.4, 0.5) is 5.13 Å². The van der Waals surface area contributed by atoms with Gasteiger partial charge in [0.15, 0.2) is 5.13 Å². The highest BCUT2D eigenvalue weighted by molar-refractivity contribution is 7.14. The van der Waals surface area contributed by atoms with Gasteiger partial charge in [0, 0.05) is 43.7 Å². The van der Waals surface area contributed by atoms with Crippen molar-refractivity contribution in [2.45, 2.75) is 13.0 Å². The van der Waals surface area contributed by atoms with Crippen LogP contribution in [0.2, 0.25) is 0 Å². The minimum absolute atomic E-state index is 0.249. The Kier molecular flexibility index (Phi) is 4.53. The molecule has 1 aliphatic rings. The molecule has 2 aromatic rings. The molecule has 1 aromatic heterocycles. The van der Waals surface area contributed by atoms with Crippen LogP contribution in [0.25, 0.3) is 11.3 Å². The molecule has 2 heterocycles. The molecule has 4 nitrogen and oxygen atoms in total. The highest BCUT2D eigenvalue weighted by Gasteiger charge is 2.20. The third-order valence-electron chi connectivity index (χ3n) is 3.73. The third-order valence-corrected chi connectivity index (χ3v) is 4.63. The lowest BCUT2D eigenvalue weighted by atomic mass is 10.2. The average Bonchev–Trinajstić information content (AvgIpc) is 2.98. The molecule has 1 atom stereocenters. The van der Waals surface area contributed by atoms with Gasteiger partial charge in [-0.05, 0) is 6.92 Å². The summed E-state index contributed by atoms with van der Waals surface area (Å²) in [5.41, 5.74) is 2.23. The Bertz CT molecular complexity index is 562. The molecular formula is C16H21N3OS. The Morgan fingerprint density at radius 2 is 1.90 bits per heavy atom. The number of hydrogen-bond donors (Lipinski definition) is 1. The van der Waals surface area contributed by atoms with E-state index in [1.54, 1.807) is 11.3 Å². The fourth-order valence-electron chi connectivity index (χ4n) is 2.65. The quantitative estimate of drug-likeness (QED) is 0.941. The summed E-state index contributed by atoms with van der Waals surface area (Å²) in [7, 11) is 0. The van der Waals surface area contributed by atoms with E-state index in [0.29, 0.717) is 0 Å². The van der Waals surface area contributed by atoms with Gasteiger partial charge in [-0.1, -0.05) is 30.3 Å². The van der Waals surface area contributed by atoms with Gasteiger partial charge >= 0.3 is 0 Å². The zero-order valence-electron chi connectivity index (χ0n) is 12.3. The number of nitrogens with zero attached hydrogens (tertiary/aromatic N) is 3. The number of anilines is 1. The number of β-amino-alcohol motifs (C(OH)–C–C–N with tert-alkyl or cyclic N) is 1. The van der Waals surface area contributed by atoms with E-state index in [9.17, 15) is 5.11 Å². The first-order chi connectivity index (χ1) is 10.2. The van der Waals surface area contributed by atoms with Crippen LogP contribution < -0.4 is 4.90 Å².